The number of hydrogen-bond acceptors (Lipinski definition) is 2. The van der Waals surface area contributed by atoms with Crippen LogP contribution >= 0.6 is 11.8 Å². The molecule has 1 heterocycles. The van der Waals surface area contributed by atoms with Gasteiger partial charge in [-0.2, -0.15) is 0 Å². The lowest BCUT2D eigenvalue weighted by molar-refractivity contribution is 0.723. The molecule has 0 radical (unpaired) electrons. The number of rotatable bonds is 2. The first-order valence-electron chi connectivity index (χ1n) is 12.7. The van der Waals surface area contributed by atoms with Gasteiger partial charge < -0.3 is 5.32 Å². The summed E-state index contributed by atoms with van der Waals surface area (Å²) >= 11 is 1.89. The molecule has 0 bridgehead atoms. The van der Waals surface area contributed by atoms with Crippen molar-refractivity contribution >= 4 is 33.9 Å². The zero-order valence-corrected chi connectivity index (χ0v) is 20.9. The second-order valence-corrected chi connectivity index (χ2v) is 10.9. The fourth-order valence-electron chi connectivity index (χ4n) is 6.49. The van der Waals surface area contributed by atoms with E-state index < -0.39 is 0 Å². The van der Waals surface area contributed by atoms with Gasteiger partial charge in [-0.1, -0.05) is 115 Å². The third-order valence-electron chi connectivity index (χ3n) is 7.90. The maximum Gasteiger partial charge on any atom is 0.0736 e. The predicted molar refractivity (Wildman–Crippen MR) is 155 cm³/mol. The Bertz CT molecular complexity index is 1790. The maximum atomic E-state index is 3.77. The molecule has 2 heteroatoms. The Hall–Kier alpha value is -4.27. The van der Waals surface area contributed by atoms with Gasteiger partial charge in [0.25, 0.3) is 0 Å². The van der Waals surface area contributed by atoms with Crippen molar-refractivity contribution in [3.63, 3.8) is 0 Å². The van der Waals surface area contributed by atoms with E-state index in [-0.39, 0.29) is 5.41 Å². The van der Waals surface area contributed by atoms with E-state index in [2.05, 4.69) is 139 Å². The zero-order valence-electron chi connectivity index (χ0n) is 20.1. The highest BCUT2D eigenvalue weighted by Crippen LogP contribution is 2.63. The van der Waals surface area contributed by atoms with Crippen LogP contribution in [0.2, 0.25) is 0 Å². The van der Waals surface area contributed by atoms with Crippen molar-refractivity contribution in [1.29, 1.82) is 0 Å². The summed E-state index contributed by atoms with van der Waals surface area (Å²) in [5, 5.41) is 6.30. The molecule has 0 unspecified atom stereocenters. The SMILES string of the molecule is c1ccc(Nc2cc3c(c4ccccc24)-c2ccccc2C32c3ccccc3Sc3ccccc32)cc1. The average molecular weight is 490 g/mol. The molecule has 0 aromatic heterocycles. The molecule has 1 aliphatic carbocycles. The van der Waals surface area contributed by atoms with Gasteiger partial charge in [0.15, 0.2) is 0 Å². The van der Waals surface area contributed by atoms with Gasteiger partial charge in [0.1, 0.15) is 0 Å². The van der Waals surface area contributed by atoms with E-state index >= 15 is 0 Å². The van der Waals surface area contributed by atoms with Crippen LogP contribution in [0.5, 0.6) is 0 Å². The lowest BCUT2D eigenvalue weighted by Crippen LogP contribution is -2.32. The molecule has 0 fully saturated rings. The minimum absolute atomic E-state index is 0.373. The van der Waals surface area contributed by atoms with E-state index in [4.69, 9.17) is 0 Å². The first-order chi connectivity index (χ1) is 18.4. The average Bonchev–Trinajstić information content (AvgIpc) is 3.25. The maximum absolute atomic E-state index is 3.77. The first-order valence-corrected chi connectivity index (χ1v) is 13.5. The van der Waals surface area contributed by atoms with Crippen LogP contribution in [0.25, 0.3) is 21.9 Å². The van der Waals surface area contributed by atoms with E-state index in [0.717, 1.165) is 11.4 Å². The van der Waals surface area contributed by atoms with Crippen LogP contribution in [-0.2, 0) is 5.41 Å². The Kier molecular flexibility index (Phi) is 4.44. The van der Waals surface area contributed by atoms with Crippen molar-refractivity contribution in [2.45, 2.75) is 15.2 Å². The summed E-state index contributed by atoms with van der Waals surface area (Å²) in [5.74, 6) is 0. The molecule has 6 aromatic carbocycles. The van der Waals surface area contributed by atoms with Crippen LogP contribution in [0.3, 0.4) is 0 Å². The summed E-state index contributed by atoms with van der Waals surface area (Å²) in [5.41, 5.74) is 9.99. The summed E-state index contributed by atoms with van der Waals surface area (Å²) in [6, 6.07) is 48.8. The van der Waals surface area contributed by atoms with Gasteiger partial charge in [0.05, 0.1) is 5.41 Å². The van der Waals surface area contributed by atoms with Crippen molar-refractivity contribution in [1.82, 2.24) is 0 Å². The standard InChI is InChI=1S/C35H23NS/c1-2-12-23(13-3-1)36-31-22-30-34(25-15-5-4-14-24(25)31)26-16-6-7-17-27(26)35(30)28-18-8-10-20-32(28)37-33-21-11-9-19-29(33)35/h1-22,36H. The first kappa shape index (κ1) is 20.9. The zero-order chi connectivity index (χ0) is 24.4. The lowest BCUT2D eigenvalue weighted by Gasteiger charge is -2.39. The Balaban J connectivity index is 1.55. The smallest absolute Gasteiger partial charge is 0.0736 e. The Labute approximate surface area is 220 Å². The molecule has 1 N–H and O–H groups in total. The van der Waals surface area contributed by atoms with Crippen molar-refractivity contribution < 1.29 is 0 Å². The second-order valence-electron chi connectivity index (χ2n) is 9.77. The van der Waals surface area contributed by atoms with Gasteiger partial charge in [-0.05, 0) is 69.1 Å². The molecular formula is C35H23NS. The molecule has 0 saturated heterocycles. The summed E-state index contributed by atoms with van der Waals surface area (Å²) in [6.45, 7) is 0. The molecule has 37 heavy (non-hydrogen) atoms. The van der Waals surface area contributed by atoms with Crippen LogP contribution in [-0.4, -0.2) is 0 Å². The van der Waals surface area contributed by atoms with Crippen LogP contribution in [0, 0.1) is 0 Å². The van der Waals surface area contributed by atoms with E-state index in [1.165, 1.54) is 53.9 Å². The quantitative estimate of drug-likeness (QED) is 0.259. The summed E-state index contributed by atoms with van der Waals surface area (Å²) in [7, 11) is 0. The molecular weight excluding hydrogens is 466 g/mol. The van der Waals surface area contributed by atoms with Crippen LogP contribution in [0.1, 0.15) is 22.3 Å². The Morgan fingerprint density at radius 2 is 1.05 bits per heavy atom. The van der Waals surface area contributed by atoms with Crippen LogP contribution < -0.4 is 5.32 Å². The number of anilines is 2. The fourth-order valence-corrected chi connectivity index (χ4v) is 7.68. The van der Waals surface area contributed by atoms with Gasteiger partial charge in [0, 0.05) is 26.6 Å². The normalized spacial score (nSPS) is 14.1. The molecule has 8 rings (SSSR count). The largest absolute Gasteiger partial charge is 0.355 e. The van der Waals surface area contributed by atoms with E-state index in [0.29, 0.717) is 0 Å². The van der Waals surface area contributed by atoms with Crippen molar-refractivity contribution in [3.05, 3.63) is 156 Å². The molecule has 1 spiro atoms. The third kappa shape index (κ3) is 2.82. The molecule has 1 aliphatic heterocycles. The summed E-state index contributed by atoms with van der Waals surface area (Å²) in [4.78, 5) is 2.66. The highest BCUT2D eigenvalue weighted by molar-refractivity contribution is 7.99. The molecule has 174 valence electrons. The number of nitrogens with one attached hydrogen (secondary N) is 1. The lowest BCUT2D eigenvalue weighted by atomic mass is 9.67. The molecule has 0 amide bonds. The highest BCUT2D eigenvalue weighted by Gasteiger charge is 2.50. The van der Waals surface area contributed by atoms with E-state index in [9.17, 15) is 0 Å². The minimum atomic E-state index is -0.373. The van der Waals surface area contributed by atoms with Gasteiger partial charge in [-0.15, -0.1) is 0 Å². The molecule has 6 aromatic rings. The van der Waals surface area contributed by atoms with Crippen LogP contribution in [0.15, 0.2) is 143 Å². The van der Waals surface area contributed by atoms with Crippen molar-refractivity contribution in [3.8, 4) is 11.1 Å². The van der Waals surface area contributed by atoms with Gasteiger partial charge in [-0.3, -0.25) is 0 Å². The monoisotopic (exact) mass is 489 g/mol. The van der Waals surface area contributed by atoms with Crippen molar-refractivity contribution in [2.24, 2.45) is 0 Å². The number of fused-ring (bicyclic) bond motifs is 11. The van der Waals surface area contributed by atoms with Gasteiger partial charge in [-0.25, -0.2) is 0 Å². The molecule has 0 saturated carbocycles. The molecule has 2 aliphatic rings. The minimum Gasteiger partial charge on any atom is -0.355 e. The van der Waals surface area contributed by atoms with Crippen molar-refractivity contribution in [2.75, 3.05) is 5.32 Å². The highest BCUT2D eigenvalue weighted by atomic mass is 32.2. The molecule has 0 atom stereocenters. The second kappa shape index (κ2) is 7.86. The summed E-state index contributed by atoms with van der Waals surface area (Å²) < 4.78 is 0. The summed E-state index contributed by atoms with van der Waals surface area (Å²) in [6.07, 6.45) is 0. The third-order valence-corrected chi connectivity index (χ3v) is 9.06. The predicted octanol–water partition coefficient (Wildman–Crippen LogP) is 9.41. The van der Waals surface area contributed by atoms with E-state index in [1.807, 2.05) is 11.8 Å². The number of hydrogen-bond donors (Lipinski definition) is 1. The van der Waals surface area contributed by atoms with Crippen LogP contribution in [0.4, 0.5) is 11.4 Å². The van der Waals surface area contributed by atoms with Gasteiger partial charge >= 0.3 is 0 Å². The number of para-hydroxylation sites is 1. The molecule has 1 nitrogen and oxygen atoms in total. The topological polar surface area (TPSA) is 12.0 Å². The Morgan fingerprint density at radius 1 is 0.486 bits per heavy atom. The Morgan fingerprint density at radius 3 is 1.78 bits per heavy atom. The fraction of sp³-hybridized carbons (Fsp3) is 0.0286. The van der Waals surface area contributed by atoms with E-state index in [1.54, 1.807) is 0 Å². The van der Waals surface area contributed by atoms with Gasteiger partial charge in [0.2, 0.25) is 0 Å². The number of benzene rings is 6.